The molecule has 2 bridgehead atoms. The van der Waals surface area contributed by atoms with Crippen LogP contribution in [0.4, 0.5) is 9.18 Å². The maximum atomic E-state index is 14.0. The number of nitriles is 1. The molecule has 2 fully saturated rings. The van der Waals surface area contributed by atoms with Gasteiger partial charge in [-0.1, -0.05) is 0 Å². The van der Waals surface area contributed by atoms with Crippen LogP contribution in [-0.2, 0) is 16.0 Å². The molecule has 1 saturated heterocycles. The average molecular weight is 472 g/mol. The summed E-state index contributed by atoms with van der Waals surface area (Å²) in [6.07, 6.45) is 2.07. The Morgan fingerprint density at radius 2 is 2.21 bits per heavy atom. The van der Waals surface area contributed by atoms with Gasteiger partial charge in [-0.2, -0.15) is 5.26 Å². The average Bonchev–Trinajstić information content (AvgIpc) is 3.30. The van der Waals surface area contributed by atoms with E-state index in [1.807, 2.05) is 6.07 Å². The maximum Gasteiger partial charge on any atom is 0.411 e. The van der Waals surface area contributed by atoms with Crippen molar-refractivity contribution in [3.05, 3.63) is 20.5 Å². The Balaban J connectivity index is 1.71. The fraction of sp³-hybridized carbons (Fsp3) is 0.632. The SMILES string of the molecule is CC(C)(C)OC(=O)N1[C@@H]2CC[C@@H](C2)[C@H]1C(=O)NC(C#N)Cc1scc(Br)c1F. The molecule has 2 amide bonds. The van der Waals surface area contributed by atoms with Gasteiger partial charge in [0, 0.05) is 22.7 Å². The number of rotatable bonds is 4. The minimum absolute atomic E-state index is 0.0122. The van der Waals surface area contributed by atoms with Gasteiger partial charge in [0.25, 0.3) is 0 Å². The van der Waals surface area contributed by atoms with Crippen molar-refractivity contribution in [2.45, 2.75) is 70.2 Å². The van der Waals surface area contributed by atoms with Gasteiger partial charge >= 0.3 is 6.09 Å². The lowest BCUT2D eigenvalue weighted by molar-refractivity contribution is -0.128. The quantitative estimate of drug-likeness (QED) is 0.719. The van der Waals surface area contributed by atoms with Crippen molar-refractivity contribution in [3.63, 3.8) is 0 Å². The van der Waals surface area contributed by atoms with Crippen LogP contribution in [-0.4, -0.2) is 40.6 Å². The van der Waals surface area contributed by atoms with E-state index >= 15 is 0 Å². The number of fused-ring (bicyclic) bond motifs is 2. The summed E-state index contributed by atoms with van der Waals surface area (Å²) < 4.78 is 19.9. The second-order valence-corrected chi connectivity index (χ2v) is 10.1. The first kappa shape index (κ1) is 21.1. The van der Waals surface area contributed by atoms with E-state index < -0.39 is 29.6 Å². The second-order valence-electron chi connectivity index (χ2n) is 8.27. The molecule has 1 aliphatic carbocycles. The third kappa shape index (κ3) is 4.33. The summed E-state index contributed by atoms with van der Waals surface area (Å²) in [6.45, 7) is 5.36. The Labute approximate surface area is 176 Å². The lowest BCUT2D eigenvalue weighted by Gasteiger charge is -2.35. The summed E-state index contributed by atoms with van der Waals surface area (Å²) in [7, 11) is 0. The minimum atomic E-state index is -0.868. The molecule has 0 spiro atoms. The third-order valence-electron chi connectivity index (χ3n) is 5.08. The Bertz CT molecular complexity index is 816. The highest BCUT2D eigenvalue weighted by molar-refractivity contribution is 9.10. The summed E-state index contributed by atoms with van der Waals surface area (Å²) >= 11 is 4.30. The van der Waals surface area contributed by atoms with Gasteiger partial charge in [0.2, 0.25) is 5.91 Å². The number of amides is 2. The van der Waals surface area contributed by atoms with Crippen LogP contribution in [0.15, 0.2) is 9.85 Å². The smallest absolute Gasteiger partial charge is 0.411 e. The number of hydrogen-bond acceptors (Lipinski definition) is 5. The molecule has 1 aliphatic heterocycles. The molecule has 2 aliphatic rings. The summed E-state index contributed by atoms with van der Waals surface area (Å²) in [6, 6.07) is 0.497. The lowest BCUT2D eigenvalue weighted by Crippen LogP contribution is -2.55. The molecule has 1 aromatic heterocycles. The highest BCUT2D eigenvalue weighted by Crippen LogP contribution is 2.43. The Kier molecular flexibility index (Phi) is 6.01. The van der Waals surface area contributed by atoms with Crippen LogP contribution in [0.1, 0.15) is 44.9 Å². The van der Waals surface area contributed by atoms with Crippen LogP contribution in [0.3, 0.4) is 0 Å². The molecule has 1 saturated carbocycles. The summed E-state index contributed by atoms with van der Waals surface area (Å²) in [4.78, 5) is 27.6. The number of nitrogens with one attached hydrogen (secondary N) is 1. The number of halogens is 2. The van der Waals surface area contributed by atoms with Crippen LogP contribution in [0.5, 0.6) is 0 Å². The van der Waals surface area contributed by atoms with Gasteiger partial charge < -0.3 is 10.1 Å². The van der Waals surface area contributed by atoms with Gasteiger partial charge in [-0.05, 0) is 61.9 Å². The van der Waals surface area contributed by atoms with Crippen molar-refractivity contribution in [2.75, 3.05) is 0 Å². The van der Waals surface area contributed by atoms with Gasteiger partial charge in [0.1, 0.15) is 17.7 Å². The molecule has 0 aromatic carbocycles. The van der Waals surface area contributed by atoms with E-state index in [2.05, 4.69) is 21.2 Å². The molecule has 1 aromatic rings. The van der Waals surface area contributed by atoms with E-state index in [1.54, 1.807) is 26.2 Å². The van der Waals surface area contributed by atoms with Gasteiger partial charge in [-0.3, -0.25) is 9.69 Å². The van der Waals surface area contributed by atoms with Crippen LogP contribution in [0.2, 0.25) is 0 Å². The molecule has 1 unspecified atom stereocenters. The first-order valence-electron chi connectivity index (χ1n) is 9.23. The largest absolute Gasteiger partial charge is 0.444 e. The predicted octanol–water partition coefficient (Wildman–Crippen LogP) is 3.99. The van der Waals surface area contributed by atoms with Crippen LogP contribution >= 0.6 is 27.3 Å². The zero-order chi connectivity index (χ0) is 20.6. The van der Waals surface area contributed by atoms with Crippen molar-refractivity contribution in [3.8, 4) is 6.07 Å². The first-order chi connectivity index (χ1) is 13.1. The first-order valence-corrected chi connectivity index (χ1v) is 10.9. The molecule has 28 heavy (non-hydrogen) atoms. The fourth-order valence-electron chi connectivity index (χ4n) is 3.97. The number of likely N-dealkylation sites (tertiary alicyclic amines) is 1. The highest BCUT2D eigenvalue weighted by atomic mass is 79.9. The summed E-state index contributed by atoms with van der Waals surface area (Å²) in [5.74, 6) is -0.722. The van der Waals surface area contributed by atoms with Gasteiger partial charge in [-0.25, -0.2) is 9.18 Å². The Morgan fingerprint density at radius 3 is 2.79 bits per heavy atom. The number of piperidine rings is 1. The summed E-state index contributed by atoms with van der Waals surface area (Å²) in [5.41, 5.74) is -0.654. The summed E-state index contributed by atoms with van der Waals surface area (Å²) in [5, 5.41) is 13.8. The lowest BCUT2D eigenvalue weighted by atomic mass is 9.97. The van der Waals surface area contributed by atoms with Crippen LogP contribution in [0.25, 0.3) is 0 Å². The van der Waals surface area contributed by atoms with Crippen molar-refractivity contribution < 1.29 is 18.7 Å². The molecular formula is C19H23BrFN3O3S. The fourth-order valence-corrected chi connectivity index (χ4v) is 5.45. The minimum Gasteiger partial charge on any atom is -0.444 e. The number of hydrogen-bond donors (Lipinski definition) is 1. The van der Waals surface area contributed by atoms with Crippen molar-refractivity contribution in [1.29, 1.82) is 5.26 Å². The molecule has 0 radical (unpaired) electrons. The van der Waals surface area contributed by atoms with E-state index in [1.165, 1.54) is 16.2 Å². The number of ether oxygens (including phenoxy) is 1. The van der Waals surface area contributed by atoms with Crippen LogP contribution in [0, 0.1) is 23.1 Å². The molecule has 9 heteroatoms. The van der Waals surface area contributed by atoms with E-state index in [0.717, 1.165) is 19.3 Å². The van der Waals surface area contributed by atoms with E-state index in [4.69, 9.17) is 4.74 Å². The van der Waals surface area contributed by atoms with Crippen molar-refractivity contribution >= 4 is 39.3 Å². The highest BCUT2D eigenvalue weighted by Gasteiger charge is 2.52. The molecule has 3 rings (SSSR count). The number of thiophene rings is 1. The Morgan fingerprint density at radius 1 is 1.50 bits per heavy atom. The monoisotopic (exact) mass is 471 g/mol. The molecule has 1 N–H and O–H groups in total. The topological polar surface area (TPSA) is 82.4 Å². The number of carbonyl (C=O) groups is 2. The Hall–Kier alpha value is -1.66. The molecule has 6 nitrogen and oxygen atoms in total. The maximum absolute atomic E-state index is 14.0. The van der Waals surface area contributed by atoms with Gasteiger partial charge in [0.15, 0.2) is 5.82 Å². The second kappa shape index (κ2) is 7.99. The zero-order valence-electron chi connectivity index (χ0n) is 16.0. The van der Waals surface area contributed by atoms with Gasteiger partial charge in [0.05, 0.1) is 10.5 Å². The molecule has 4 atom stereocenters. The zero-order valence-corrected chi connectivity index (χ0v) is 18.4. The van der Waals surface area contributed by atoms with Crippen molar-refractivity contribution in [1.82, 2.24) is 10.2 Å². The molecule has 2 heterocycles. The predicted molar refractivity (Wildman–Crippen MR) is 106 cm³/mol. The third-order valence-corrected chi connectivity index (χ3v) is 6.94. The van der Waals surface area contributed by atoms with Crippen molar-refractivity contribution in [2.24, 2.45) is 5.92 Å². The number of nitrogens with zero attached hydrogens (tertiary/aromatic N) is 2. The number of carbonyl (C=O) groups excluding carboxylic acids is 2. The van der Waals surface area contributed by atoms with Crippen LogP contribution < -0.4 is 5.32 Å². The standard InChI is InChI=1S/C19H23BrFN3O3S/c1-19(2,3)27-18(26)24-12-5-4-10(6-12)16(24)17(25)23-11(8-22)7-14-15(21)13(20)9-28-14/h9-12,16H,4-7H2,1-3H3,(H,23,25)/t10-,11?,12+,16-/m0/s1. The normalized spacial score (nSPS) is 24.7. The van der Waals surface area contributed by atoms with E-state index in [9.17, 15) is 19.2 Å². The van der Waals surface area contributed by atoms with E-state index in [-0.39, 0.29) is 24.3 Å². The van der Waals surface area contributed by atoms with Gasteiger partial charge in [-0.15, -0.1) is 11.3 Å². The molecule has 152 valence electrons. The molecular weight excluding hydrogens is 449 g/mol. The van der Waals surface area contributed by atoms with E-state index in [0.29, 0.717) is 9.35 Å².